The van der Waals surface area contributed by atoms with Gasteiger partial charge in [0, 0.05) is 102 Å². The van der Waals surface area contributed by atoms with Gasteiger partial charge in [0.15, 0.2) is 23.1 Å². The second-order valence-electron chi connectivity index (χ2n) is 27.5. The molecule has 12 rings (SSSR count). The fourth-order valence-corrected chi connectivity index (χ4v) is 12.4. The molecule has 0 aliphatic carbocycles. The van der Waals surface area contributed by atoms with Gasteiger partial charge in [0.1, 0.15) is 86.3 Å². The summed E-state index contributed by atoms with van der Waals surface area (Å²) in [6.45, 7) is 9.50. The lowest BCUT2D eigenvalue weighted by molar-refractivity contribution is -0.119. The van der Waals surface area contributed by atoms with Crippen LogP contribution in [0.25, 0.3) is 0 Å². The first kappa shape index (κ1) is 86.7. The first-order valence-electron chi connectivity index (χ1n) is 38.0. The molecule has 12 aromatic carbocycles. The van der Waals surface area contributed by atoms with Crippen molar-refractivity contribution < 1.29 is 61.1 Å². The number of ketones is 3. The monoisotopic (exact) mass is 1600 g/mol. The van der Waals surface area contributed by atoms with Gasteiger partial charge in [0.05, 0.1) is 32.3 Å². The predicted octanol–water partition coefficient (Wildman–Crippen LogP) is 21.3. The van der Waals surface area contributed by atoms with Gasteiger partial charge in [-0.1, -0.05) is 157 Å². The third kappa shape index (κ3) is 27.5. The van der Waals surface area contributed by atoms with E-state index in [2.05, 4.69) is 26.8 Å². The van der Waals surface area contributed by atoms with Crippen molar-refractivity contribution in [2.45, 2.75) is 97.4 Å². The number of hydrogen-bond donors (Lipinski definition) is 3. The maximum atomic E-state index is 14.3. The number of nitrogens with zero attached hydrogens (tertiary/aromatic N) is 3. The number of ether oxygens (including phenoxy) is 8. The molecule has 0 aromatic heterocycles. The van der Waals surface area contributed by atoms with Crippen LogP contribution in [0.3, 0.4) is 0 Å². The molecule has 0 aliphatic heterocycles. The van der Waals surface area contributed by atoms with Crippen molar-refractivity contribution in [2.24, 2.45) is 17.2 Å². The Morgan fingerprint density at radius 3 is 0.690 bits per heavy atom. The lowest BCUT2D eigenvalue weighted by Crippen LogP contribution is -2.34. The molecule has 3 atom stereocenters. The lowest BCUT2D eigenvalue weighted by Gasteiger charge is -2.26. The molecule has 12 aromatic rings. The van der Waals surface area contributed by atoms with Crippen LogP contribution in [-0.2, 0) is 53.7 Å². The topological polar surface area (TPSA) is 213 Å². The number of benzene rings is 12. The molecule has 0 amide bonds. The highest BCUT2D eigenvalue weighted by Crippen LogP contribution is 2.36. The normalized spacial score (nSPS) is 11.8. The molecule has 0 bridgehead atoms. The van der Waals surface area contributed by atoms with Gasteiger partial charge in [-0.15, -0.1) is 0 Å². The van der Waals surface area contributed by atoms with Gasteiger partial charge in [-0.25, -0.2) is 8.78 Å². The minimum absolute atomic E-state index is 0.0218. The molecule has 0 spiro atoms. The van der Waals surface area contributed by atoms with E-state index in [0.29, 0.717) is 111 Å². The van der Waals surface area contributed by atoms with Gasteiger partial charge in [-0.05, 0) is 198 Å². The molecule has 0 radical (unpaired) electrons. The van der Waals surface area contributed by atoms with Crippen LogP contribution in [0.15, 0.2) is 291 Å². The quantitative estimate of drug-likeness (QED) is 0.0328. The summed E-state index contributed by atoms with van der Waals surface area (Å²) in [5.74, 6) is 7.67. The smallest absolute Gasteiger partial charge is 0.165 e. The molecule has 0 saturated heterocycles. The van der Waals surface area contributed by atoms with Crippen LogP contribution in [0.5, 0.6) is 80.5 Å². The van der Waals surface area contributed by atoms with Gasteiger partial charge in [0.25, 0.3) is 0 Å². The average molecular weight is 1610 g/mol. The van der Waals surface area contributed by atoms with Crippen LogP contribution >= 0.6 is 23.2 Å². The number of carbonyl (C=O) groups is 3. The molecule has 0 fully saturated rings. The maximum absolute atomic E-state index is 14.3. The van der Waals surface area contributed by atoms with Crippen molar-refractivity contribution in [3.63, 3.8) is 0 Å². The zero-order valence-corrected chi connectivity index (χ0v) is 67.0. The third-order valence-electron chi connectivity index (χ3n) is 18.8. The Kier molecular flexibility index (Phi) is 33.5. The third-order valence-corrected chi connectivity index (χ3v) is 19.3. The number of para-hydroxylation sites is 8. The van der Waals surface area contributed by atoms with Gasteiger partial charge in [-0.2, -0.15) is 0 Å². The van der Waals surface area contributed by atoms with E-state index in [1.165, 1.54) is 32.9 Å². The van der Waals surface area contributed by atoms with E-state index in [-0.39, 0.29) is 28.8 Å². The standard InChI is InChI=1S/C33H36N2O5.C31H30Cl2N2O3.C31H30F2N2O3/c1-24(36)31(34)20-21-35(22-25-8-4-6-10-32(25)39-29-16-12-27(37-2)13-17-29)23-26-9-5-7-11-33(26)40-30-18-14-28(38-3)15-19-30;1-22(36)29(34)18-19-35(20-23-6-2-4-8-30(23)37-27-14-10-25(32)11-15-27)21-24-7-3-5-9-31(24)38-28-16-12-26(33)13-17-28;1-22(36)27(34)18-19-35(20-23-10-2-6-14-28(23)37-30-16-8-4-12-25(30)32)21-24-11-3-7-15-29(24)38-31-17-9-5-13-26(31)33/h4-19,31H,20-23,34H2,1-3H3;2-17,29H,18-21,34H2,1H3;2-17,27H,18-21,34H2,1H3/t31-;29-;27-/m000/s1. The molecule has 6 N–H and O–H groups in total. The molecule has 21 heteroatoms. The van der Waals surface area contributed by atoms with Crippen LogP contribution < -0.4 is 55.1 Å². The highest BCUT2D eigenvalue weighted by molar-refractivity contribution is 6.30. The number of halogens is 4. The summed E-state index contributed by atoms with van der Waals surface area (Å²) >= 11 is 12.1. The lowest BCUT2D eigenvalue weighted by atomic mass is 10.1. The van der Waals surface area contributed by atoms with Gasteiger partial charge < -0.3 is 55.1 Å². The summed E-state index contributed by atoms with van der Waals surface area (Å²) < 4.78 is 75.8. The summed E-state index contributed by atoms with van der Waals surface area (Å²) in [4.78, 5) is 42.1. The van der Waals surface area contributed by atoms with Crippen molar-refractivity contribution >= 4 is 40.6 Å². The van der Waals surface area contributed by atoms with Gasteiger partial charge in [0.2, 0.25) is 0 Å². The Labute approximate surface area is 687 Å². The summed E-state index contributed by atoms with van der Waals surface area (Å²) in [5, 5.41) is 1.30. The van der Waals surface area contributed by atoms with E-state index >= 15 is 0 Å². The fourth-order valence-electron chi connectivity index (χ4n) is 12.2. The molecular weight excluding hydrogens is 1510 g/mol. The SMILES string of the molecule is CC(=O)[C@@H](N)CCN(Cc1ccccc1Oc1ccc(Cl)cc1)Cc1ccccc1Oc1ccc(Cl)cc1.CC(=O)[C@@H](N)CCN(Cc1ccccc1Oc1ccccc1F)Cc1ccccc1Oc1ccccc1F.COc1ccc(Oc2ccccc2CN(CC[C@H](N)C(C)=O)Cc2ccccc2Oc2ccc(OC)cc2)cc1. The van der Waals surface area contributed by atoms with E-state index in [1.807, 2.05) is 194 Å². The summed E-state index contributed by atoms with van der Waals surface area (Å²) in [6, 6.07) is 87.0. The second kappa shape index (κ2) is 44.8. The molecule has 0 aliphatic rings. The van der Waals surface area contributed by atoms with Crippen molar-refractivity contribution in [1.29, 1.82) is 0 Å². The van der Waals surface area contributed by atoms with Crippen LogP contribution in [0.1, 0.15) is 73.4 Å². The molecule has 17 nitrogen and oxygen atoms in total. The minimum Gasteiger partial charge on any atom is -0.497 e. The zero-order valence-electron chi connectivity index (χ0n) is 65.5. The summed E-state index contributed by atoms with van der Waals surface area (Å²) in [6.07, 6.45) is 1.52. The molecule has 0 heterocycles. The predicted molar refractivity (Wildman–Crippen MR) is 453 cm³/mol. The number of Topliss-reactive ketones (excluding diaryl/α,β-unsaturated/α-hetero) is 3. The first-order chi connectivity index (χ1) is 56.2. The van der Waals surface area contributed by atoms with Crippen LogP contribution in [-0.4, -0.2) is 84.0 Å². The number of nitrogens with two attached hydrogens (primary N) is 3. The van der Waals surface area contributed by atoms with Crippen molar-refractivity contribution in [3.8, 4) is 80.5 Å². The summed E-state index contributed by atoms with van der Waals surface area (Å²) in [5.41, 5.74) is 24.0. The first-order valence-corrected chi connectivity index (χ1v) is 38.8. The second-order valence-corrected chi connectivity index (χ2v) is 28.4. The van der Waals surface area contributed by atoms with Gasteiger partial charge >= 0.3 is 0 Å². The van der Waals surface area contributed by atoms with Crippen LogP contribution in [0, 0.1) is 11.6 Å². The summed E-state index contributed by atoms with van der Waals surface area (Å²) in [7, 11) is 3.27. The Morgan fingerprint density at radius 1 is 0.284 bits per heavy atom. The van der Waals surface area contributed by atoms with E-state index < -0.39 is 29.8 Å². The van der Waals surface area contributed by atoms with E-state index in [4.69, 9.17) is 78.3 Å². The zero-order chi connectivity index (χ0) is 82.1. The maximum Gasteiger partial charge on any atom is 0.165 e. The molecule has 0 unspecified atom stereocenters. The molecular formula is C95H96Cl2F2N6O11. The minimum atomic E-state index is -0.590. The molecule has 0 saturated carbocycles. The van der Waals surface area contributed by atoms with E-state index in [0.717, 1.165) is 79.4 Å². The fraction of sp³-hybridized carbons (Fsp3) is 0.211. The van der Waals surface area contributed by atoms with Crippen LogP contribution in [0.2, 0.25) is 10.0 Å². The molecule has 116 heavy (non-hydrogen) atoms. The Bertz CT molecular complexity index is 4830. The highest BCUT2D eigenvalue weighted by atomic mass is 35.5. The highest BCUT2D eigenvalue weighted by Gasteiger charge is 2.23. The van der Waals surface area contributed by atoms with Crippen molar-refractivity contribution in [1.82, 2.24) is 14.7 Å². The van der Waals surface area contributed by atoms with Crippen molar-refractivity contribution in [3.05, 3.63) is 346 Å². The van der Waals surface area contributed by atoms with E-state index in [9.17, 15) is 23.2 Å². The number of hydrogen-bond acceptors (Lipinski definition) is 17. The Balaban J connectivity index is 0.000000184. The number of methoxy groups -OCH3 is 2. The van der Waals surface area contributed by atoms with Crippen LogP contribution in [0.4, 0.5) is 8.78 Å². The number of rotatable bonds is 38. The Morgan fingerprint density at radius 2 is 0.474 bits per heavy atom. The average Bonchev–Trinajstić information content (AvgIpc) is 0.847. The largest absolute Gasteiger partial charge is 0.497 e. The Hall–Kier alpha value is -11.8. The van der Waals surface area contributed by atoms with Gasteiger partial charge in [-0.3, -0.25) is 29.1 Å². The number of carbonyl (C=O) groups excluding carboxylic acids is 3. The molecule has 600 valence electrons. The van der Waals surface area contributed by atoms with E-state index in [1.54, 1.807) is 87.0 Å². The van der Waals surface area contributed by atoms with Crippen molar-refractivity contribution in [2.75, 3.05) is 33.9 Å².